The van der Waals surface area contributed by atoms with Gasteiger partial charge in [0.05, 0.1) is 15.6 Å². The fourth-order valence-corrected chi connectivity index (χ4v) is 1.34. The first-order valence-electron chi connectivity index (χ1n) is 3.12. The molecule has 0 bridgehead atoms. The normalized spacial score (nSPS) is 9.50. The van der Waals surface area contributed by atoms with Crippen LogP contribution in [-0.2, 0) is 0 Å². The number of nitrogens with zero attached hydrogens (tertiary/aromatic N) is 1. The number of carbonyl (C=O) groups is 1. The number of carbonyl (C=O) groups excluding carboxylic acids is 1. The van der Waals surface area contributed by atoms with Gasteiger partial charge in [-0.3, -0.25) is 4.79 Å². The van der Waals surface area contributed by atoms with Crippen LogP contribution in [0.5, 0.6) is 0 Å². The quantitative estimate of drug-likeness (QED) is 0.643. The van der Waals surface area contributed by atoms with E-state index in [2.05, 4.69) is 11.7 Å². The average Bonchev–Trinajstić information content (AvgIpc) is 2.03. The zero-order valence-corrected chi connectivity index (χ0v) is 7.56. The molecule has 0 saturated heterocycles. The maximum atomic E-state index is 11.1. The van der Waals surface area contributed by atoms with Gasteiger partial charge in [-0.05, 0) is 18.9 Å². The van der Waals surface area contributed by atoms with Gasteiger partial charge in [0, 0.05) is 0 Å². The third-order valence-electron chi connectivity index (χ3n) is 1.32. The Morgan fingerprint density at radius 3 is 2.25 bits per heavy atom. The Hall–Kier alpha value is -0.860. The molecule has 0 aliphatic heterocycles. The summed E-state index contributed by atoms with van der Waals surface area (Å²) in [7, 11) is 0. The second-order valence-electron chi connectivity index (χ2n) is 2.06. The van der Waals surface area contributed by atoms with Gasteiger partial charge in [-0.1, -0.05) is 29.3 Å². The number of rotatable bonds is 1. The Bertz CT molecular complexity index is 316. The molecule has 0 N–H and O–H groups in total. The van der Waals surface area contributed by atoms with E-state index in [0.717, 1.165) is 0 Å². The first kappa shape index (κ1) is 9.23. The van der Waals surface area contributed by atoms with Crippen LogP contribution in [0, 0.1) is 0 Å². The lowest BCUT2D eigenvalue weighted by molar-refractivity contribution is 0.100. The summed E-state index contributed by atoms with van der Waals surface area (Å²) in [6, 6.07) is 4.81. The van der Waals surface area contributed by atoms with Gasteiger partial charge in [-0.15, -0.1) is 0 Å². The van der Waals surface area contributed by atoms with Crippen molar-refractivity contribution in [1.29, 1.82) is 0 Å². The molecule has 0 radical (unpaired) electrons. The third-order valence-corrected chi connectivity index (χ3v) is 1.95. The first-order valence-corrected chi connectivity index (χ1v) is 3.87. The molecule has 0 aliphatic rings. The van der Waals surface area contributed by atoms with Crippen molar-refractivity contribution in [2.75, 3.05) is 0 Å². The van der Waals surface area contributed by atoms with Crippen molar-refractivity contribution in [2.24, 2.45) is 4.99 Å². The van der Waals surface area contributed by atoms with Gasteiger partial charge >= 0.3 is 0 Å². The standard InChI is InChI=1S/C8H5Cl2NO/c1-11-8(12)7-5(9)3-2-4-6(7)10/h2-4H,1H2. The predicted molar refractivity (Wildman–Crippen MR) is 50.3 cm³/mol. The molecule has 62 valence electrons. The highest BCUT2D eigenvalue weighted by Gasteiger charge is 2.11. The van der Waals surface area contributed by atoms with Crippen LogP contribution in [0.15, 0.2) is 23.2 Å². The Morgan fingerprint density at radius 1 is 1.33 bits per heavy atom. The van der Waals surface area contributed by atoms with Crippen molar-refractivity contribution in [3.8, 4) is 0 Å². The van der Waals surface area contributed by atoms with Gasteiger partial charge in [0.1, 0.15) is 0 Å². The third kappa shape index (κ3) is 1.65. The highest BCUT2D eigenvalue weighted by Crippen LogP contribution is 2.24. The van der Waals surface area contributed by atoms with Crippen molar-refractivity contribution >= 4 is 35.8 Å². The summed E-state index contributed by atoms with van der Waals surface area (Å²) < 4.78 is 0. The number of hydrogen-bond donors (Lipinski definition) is 0. The van der Waals surface area contributed by atoms with Gasteiger partial charge in [0.15, 0.2) is 0 Å². The van der Waals surface area contributed by atoms with Crippen LogP contribution in [0.4, 0.5) is 0 Å². The summed E-state index contributed by atoms with van der Waals surface area (Å²) in [4.78, 5) is 14.3. The Morgan fingerprint density at radius 2 is 1.83 bits per heavy atom. The van der Waals surface area contributed by atoms with Crippen LogP contribution in [0.3, 0.4) is 0 Å². The molecule has 0 atom stereocenters. The van der Waals surface area contributed by atoms with Gasteiger partial charge < -0.3 is 0 Å². The van der Waals surface area contributed by atoms with Crippen LogP contribution in [0.2, 0.25) is 10.0 Å². The molecule has 0 aliphatic carbocycles. The van der Waals surface area contributed by atoms with Crippen molar-refractivity contribution in [1.82, 2.24) is 0 Å². The Labute approximate surface area is 79.8 Å². The molecule has 0 aromatic heterocycles. The van der Waals surface area contributed by atoms with Crippen LogP contribution >= 0.6 is 23.2 Å². The van der Waals surface area contributed by atoms with E-state index in [0.29, 0.717) is 10.0 Å². The van der Waals surface area contributed by atoms with Crippen molar-refractivity contribution in [3.63, 3.8) is 0 Å². The summed E-state index contributed by atoms with van der Waals surface area (Å²) >= 11 is 11.4. The molecule has 0 fully saturated rings. The fourth-order valence-electron chi connectivity index (χ4n) is 0.781. The zero-order valence-electron chi connectivity index (χ0n) is 6.05. The minimum absolute atomic E-state index is 0.204. The van der Waals surface area contributed by atoms with Crippen molar-refractivity contribution < 1.29 is 4.79 Å². The SMILES string of the molecule is C=NC(=O)c1c(Cl)cccc1Cl. The van der Waals surface area contributed by atoms with Gasteiger partial charge in [0.2, 0.25) is 0 Å². The minimum Gasteiger partial charge on any atom is -0.267 e. The molecule has 1 rings (SSSR count). The summed E-state index contributed by atoms with van der Waals surface area (Å²) in [5, 5.41) is 0.583. The topological polar surface area (TPSA) is 29.4 Å². The molecular weight excluding hydrogens is 197 g/mol. The highest BCUT2D eigenvalue weighted by atomic mass is 35.5. The van der Waals surface area contributed by atoms with Crippen molar-refractivity contribution in [2.45, 2.75) is 0 Å². The first-order chi connectivity index (χ1) is 5.66. The van der Waals surface area contributed by atoms with Crippen LogP contribution in [-0.4, -0.2) is 12.6 Å². The van der Waals surface area contributed by atoms with E-state index in [1.807, 2.05) is 0 Å². The predicted octanol–water partition coefficient (Wildman–Crippen LogP) is 2.83. The Kier molecular flexibility index (Phi) is 2.84. The fraction of sp³-hybridized carbons (Fsp3) is 0. The maximum Gasteiger partial charge on any atom is 0.279 e. The monoisotopic (exact) mass is 201 g/mol. The lowest BCUT2D eigenvalue weighted by Crippen LogP contribution is -1.95. The number of aliphatic imine (C=N–C) groups is 1. The second kappa shape index (κ2) is 3.70. The van der Waals surface area contributed by atoms with Crippen LogP contribution in [0.25, 0.3) is 0 Å². The summed E-state index contributed by atoms with van der Waals surface area (Å²) in [5.41, 5.74) is 0.204. The number of hydrogen-bond acceptors (Lipinski definition) is 1. The highest BCUT2D eigenvalue weighted by molar-refractivity contribution is 6.39. The zero-order chi connectivity index (χ0) is 9.14. The van der Waals surface area contributed by atoms with Crippen molar-refractivity contribution in [3.05, 3.63) is 33.8 Å². The minimum atomic E-state index is -0.509. The van der Waals surface area contributed by atoms with E-state index >= 15 is 0 Å². The maximum absolute atomic E-state index is 11.1. The van der Waals surface area contributed by atoms with E-state index < -0.39 is 5.91 Å². The van der Waals surface area contributed by atoms with E-state index in [1.54, 1.807) is 18.2 Å². The molecule has 1 aromatic rings. The van der Waals surface area contributed by atoms with E-state index in [1.165, 1.54) is 0 Å². The molecule has 4 heteroatoms. The van der Waals surface area contributed by atoms with Gasteiger partial charge in [-0.2, -0.15) is 0 Å². The molecule has 0 spiro atoms. The number of amides is 1. The molecule has 2 nitrogen and oxygen atoms in total. The second-order valence-corrected chi connectivity index (χ2v) is 2.87. The molecule has 1 amide bonds. The van der Waals surface area contributed by atoms with E-state index in [-0.39, 0.29) is 5.56 Å². The molecule has 0 unspecified atom stereocenters. The smallest absolute Gasteiger partial charge is 0.267 e. The molecular formula is C8H5Cl2NO. The summed E-state index contributed by atoms with van der Waals surface area (Å²) in [6.45, 7) is 3.10. The van der Waals surface area contributed by atoms with E-state index in [4.69, 9.17) is 23.2 Å². The molecule has 0 heterocycles. The molecule has 0 saturated carbocycles. The number of halogens is 2. The number of benzene rings is 1. The van der Waals surface area contributed by atoms with Crippen LogP contribution < -0.4 is 0 Å². The van der Waals surface area contributed by atoms with Crippen LogP contribution in [0.1, 0.15) is 10.4 Å². The lowest BCUT2D eigenvalue weighted by Gasteiger charge is -2.00. The van der Waals surface area contributed by atoms with Gasteiger partial charge in [-0.25, -0.2) is 4.99 Å². The lowest BCUT2D eigenvalue weighted by atomic mass is 10.2. The molecule has 1 aromatic carbocycles. The summed E-state index contributed by atoms with van der Waals surface area (Å²) in [6.07, 6.45) is 0. The largest absolute Gasteiger partial charge is 0.279 e. The summed E-state index contributed by atoms with van der Waals surface area (Å²) in [5.74, 6) is -0.509. The van der Waals surface area contributed by atoms with Gasteiger partial charge in [0.25, 0.3) is 5.91 Å². The molecule has 12 heavy (non-hydrogen) atoms. The Balaban J connectivity index is 3.30. The van der Waals surface area contributed by atoms with E-state index in [9.17, 15) is 4.79 Å². The average molecular weight is 202 g/mol.